The van der Waals surface area contributed by atoms with Crippen LogP contribution in [-0.4, -0.2) is 71.2 Å². The smallest absolute Gasteiger partial charge is 0.328 e. The van der Waals surface area contributed by atoms with Crippen molar-refractivity contribution < 1.29 is 14.3 Å². The first-order valence-electron chi connectivity index (χ1n) is 10.7. The van der Waals surface area contributed by atoms with Crippen molar-refractivity contribution in [2.24, 2.45) is 0 Å². The summed E-state index contributed by atoms with van der Waals surface area (Å²) in [6.45, 7) is 1.70. The van der Waals surface area contributed by atoms with Gasteiger partial charge in [0.25, 0.3) is 0 Å². The quantitative estimate of drug-likeness (QED) is 0.310. The topological polar surface area (TPSA) is 128 Å². The van der Waals surface area contributed by atoms with Crippen molar-refractivity contribution in [1.82, 2.24) is 24.4 Å². The number of nitrogens with zero attached hydrogens (tertiary/aromatic N) is 4. The molecule has 0 bridgehead atoms. The molecule has 0 unspecified atom stereocenters. The molecule has 0 atom stereocenters. The standard InChI is InChI=1S/C23H30N6O4/c1-28(2)12-4-5-18(30)11-10-16-6-8-17(9-7-16)15-29-21-19(25-23(29)31)20(24)26-22(27-21)33-14-13-32-3/h4-9H,10-15H2,1-3H3,(H,25,31)(H2,24,26,27)/b5-4+. The second-order valence-electron chi connectivity index (χ2n) is 7.90. The lowest BCUT2D eigenvalue weighted by atomic mass is 10.1. The van der Waals surface area contributed by atoms with Gasteiger partial charge in [0, 0.05) is 20.1 Å². The normalized spacial score (nSPS) is 11.6. The van der Waals surface area contributed by atoms with E-state index in [4.69, 9.17) is 15.2 Å². The van der Waals surface area contributed by atoms with Gasteiger partial charge in [-0.1, -0.05) is 30.3 Å². The zero-order valence-corrected chi connectivity index (χ0v) is 19.2. The minimum atomic E-state index is -0.334. The Labute approximate surface area is 192 Å². The molecule has 10 nitrogen and oxygen atoms in total. The van der Waals surface area contributed by atoms with Crippen molar-refractivity contribution in [3.05, 3.63) is 58.0 Å². The van der Waals surface area contributed by atoms with E-state index in [2.05, 4.69) is 15.0 Å². The molecule has 33 heavy (non-hydrogen) atoms. The number of nitrogens with two attached hydrogens (primary N) is 1. The van der Waals surface area contributed by atoms with Gasteiger partial charge in [-0.25, -0.2) is 4.79 Å². The minimum absolute atomic E-state index is 0.0875. The fraction of sp³-hybridized carbons (Fsp3) is 0.391. The van der Waals surface area contributed by atoms with Gasteiger partial charge in [-0.3, -0.25) is 9.36 Å². The molecule has 3 N–H and O–H groups in total. The number of carbonyl (C=O) groups excluding carboxylic acids is 1. The summed E-state index contributed by atoms with van der Waals surface area (Å²) in [4.78, 5) is 37.6. The average Bonchev–Trinajstić information content (AvgIpc) is 3.09. The number of ether oxygens (including phenoxy) is 2. The first-order valence-corrected chi connectivity index (χ1v) is 10.7. The zero-order valence-electron chi connectivity index (χ0n) is 19.2. The summed E-state index contributed by atoms with van der Waals surface area (Å²) in [6, 6.07) is 7.90. The molecule has 3 rings (SSSR count). The van der Waals surface area contributed by atoms with Gasteiger partial charge in [-0.05, 0) is 37.7 Å². The molecule has 176 valence electrons. The van der Waals surface area contributed by atoms with E-state index in [0.717, 1.165) is 17.7 Å². The maximum absolute atomic E-state index is 12.5. The number of likely N-dealkylation sites (N-methyl/N-ethyl adjacent to an activating group) is 1. The van der Waals surface area contributed by atoms with Crippen LogP contribution in [0.2, 0.25) is 0 Å². The number of nitrogen functional groups attached to an aromatic ring is 1. The third-order valence-corrected chi connectivity index (χ3v) is 4.95. The number of methoxy groups -OCH3 is 1. The molecule has 0 radical (unpaired) electrons. The third-order valence-electron chi connectivity index (χ3n) is 4.95. The van der Waals surface area contributed by atoms with E-state index in [9.17, 15) is 9.59 Å². The first kappa shape index (κ1) is 24.1. The molecule has 0 aliphatic carbocycles. The maximum atomic E-state index is 12.5. The third kappa shape index (κ3) is 6.74. The minimum Gasteiger partial charge on any atom is -0.461 e. The maximum Gasteiger partial charge on any atom is 0.328 e. The molecule has 0 aliphatic heterocycles. The fourth-order valence-electron chi connectivity index (χ4n) is 3.20. The summed E-state index contributed by atoms with van der Waals surface area (Å²) in [5.41, 5.74) is 8.36. The molecule has 10 heteroatoms. The number of imidazole rings is 1. The highest BCUT2D eigenvalue weighted by atomic mass is 16.5. The van der Waals surface area contributed by atoms with Crippen LogP contribution in [0.5, 0.6) is 6.01 Å². The molecule has 1 aromatic carbocycles. The summed E-state index contributed by atoms with van der Waals surface area (Å²) in [5, 5.41) is 0. The van der Waals surface area contributed by atoms with E-state index in [1.54, 1.807) is 13.2 Å². The van der Waals surface area contributed by atoms with E-state index in [1.807, 2.05) is 49.3 Å². The van der Waals surface area contributed by atoms with Crippen LogP contribution in [0.1, 0.15) is 17.5 Å². The molecule has 2 heterocycles. The number of aryl methyl sites for hydroxylation is 1. The van der Waals surface area contributed by atoms with Gasteiger partial charge in [0.05, 0.1) is 13.2 Å². The van der Waals surface area contributed by atoms with Crippen molar-refractivity contribution >= 4 is 22.8 Å². The number of fused-ring (bicyclic) bond motifs is 1. The number of nitrogens with one attached hydrogen (secondary N) is 1. The van der Waals surface area contributed by atoms with Crippen LogP contribution >= 0.6 is 0 Å². The van der Waals surface area contributed by atoms with Crippen molar-refractivity contribution in [1.29, 1.82) is 0 Å². The Balaban J connectivity index is 1.68. The van der Waals surface area contributed by atoms with Crippen molar-refractivity contribution in [3.8, 4) is 6.01 Å². The lowest BCUT2D eigenvalue weighted by molar-refractivity contribution is -0.114. The Bertz CT molecular complexity index is 1160. The number of H-pyrrole nitrogens is 1. The van der Waals surface area contributed by atoms with Crippen LogP contribution < -0.4 is 16.2 Å². The van der Waals surface area contributed by atoms with Crippen LogP contribution in [-0.2, 0) is 22.5 Å². The predicted molar refractivity (Wildman–Crippen MR) is 126 cm³/mol. The zero-order chi connectivity index (χ0) is 23.8. The Morgan fingerprint density at radius 3 is 2.61 bits per heavy atom. The molecule has 0 saturated heterocycles. The van der Waals surface area contributed by atoms with Gasteiger partial charge in [-0.15, -0.1) is 0 Å². The summed E-state index contributed by atoms with van der Waals surface area (Å²) in [5.74, 6) is 0.245. The lowest BCUT2D eigenvalue weighted by Crippen LogP contribution is -2.18. The highest BCUT2D eigenvalue weighted by molar-refractivity contribution is 5.89. The number of hydrogen-bond acceptors (Lipinski definition) is 8. The largest absolute Gasteiger partial charge is 0.461 e. The van der Waals surface area contributed by atoms with Gasteiger partial charge in [0.15, 0.2) is 17.2 Å². The molecule has 0 spiro atoms. The molecule has 0 aliphatic rings. The van der Waals surface area contributed by atoms with Crippen molar-refractivity contribution in [2.75, 3.05) is 46.7 Å². The lowest BCUT2D eigenvalue weighted by Gasteiger charge is -2.07. The molecule has 2 aromatic heterocycles. The summed E-state index contributed by atoms with van der Waals surface area (Å²) >= 11 is 0. The fourth-order valence-corrected chi connectivity index (χ4v) is 3.20. The number of allylic oxidation sites excluding steroid dienone is 1. The Kier molecular flexibility index (Phi) is 8.34. The molecule has 0 amide bonds. The average molecular weight is 455 g/mol. The molecular weight excluding hydrogens is 424 g/mol. The van der Waals surface area contributed by atoms with Gasteiger partial charge >= 0.3 is 11.7 Å². The highest BCUT2D eigenvalue weighted by Gasteiger charge is 2.15. The number of ketones is 1. The molecule has 3 aromatic rings. The second-order valence-corrected chi connectivity index (χ2v) is 7.90. The van der Waals surface area contributed by atoms with Crippen molar-refractivity contribution in [3.63, 3.8) is 0 Å². The van der Waals surface area contributed by atoms with E-state index in [-0.39, 0.29) is 29.9 Å². The predicted octanol–water partition coefficient (Wildman–Crippen LogP) is 1.39. The van der Waals surface area contributed by atoms with Crippen LogP contribution in [0.15, 0.2) is 41.2 Å². The van der Waals surface area contributed by atoms with E-state index in [0.29, 0.717) is 37.2 Å². The Morgan fingerprint density at radius 1 is 1.18 bits per heavy atom. The summed E-state index contributed by atoms with van der Waals surface area (Å²) < 4.78 is 11.9. The monoisotopic (exact) mass is 454 g/mol. The number of carbonyl (C=O) groups is 1. The van der Waals surface area contributed by atoms with Gasteiger partial charge in [-0.2, -0.15) is 9.97 Å². The Morgan fingerprint density at radius 2 is 1.91 bits per heavy atom. The first-order chi connectivity index (χ1) is 15.9. The SMILES string of the molecule is COCCOc1nc(N)c2[nH]c(=O)n(Cc3ccc(CCC(=O)/C=C/CN(C)C)cc3)c2n1. The van der Waals surface area contributed by atoms with Gasteiger partial charge < -0.3 is 25.1 Å². The van der Waals surface area contributed by atoms with Crippen LogP contribution in [0, 0.1) is 0 Å². The number of anilines is 1. The van der Waals surface area contributed by atoms with Gasteiger partial charge in [0.1, 0.15) is 12.1 Å². The van der Waals surface area contributed by atoms with Crippen LogP contribution in [0.4, 0.5) is 5.82 Å². The number of aromatic amines is 1. The van der Waals surface area contributed by atoms with Crippen molar-refractivity contribution in [2.45, 2.75) is 19.4 Å². The highest BCUT2D eigenvalue weighted by Crippen LogP contribution is 2.19. The van der Waals surface area contributed by atoms with E-state index in [1.165, 1.54) is 4.57 Å². The Hall–Kier alpha value is -3.50. The summed E-state index contributed by atoms with van der Waals surface area (Å²) in [6.07, 6.45) is 4.62. The molecule has 0 saturated carbocycles. The van der Waals surface area contributed by atoms with E-state index < -0.39 is 0 Å². The van der Waals surface area contributed by atoms with E-state index >= 15 is 0 Å². The van der Waals surface area contributed by atoms with Crippen LogP contribution in [0.25, 0.3) is 11.2 Å². The molecule has 0 fully saturated rings. The molecular formula is C23H30N6O4. The van der Waals surface area contributed by atoms with Gasteiger partial charge in [0.2, 0.25) is 0 Å². The number of rotatable bonds is 12. The number of benzene rings is 1. The number of aromatic nitrogens is 4. The van der Waals surface area contributed by atoms with Crippen LogP contribution in [0.3, 0.4) is 0 Å². The second kappa shape index (κ2) is 11.4. The summed E-state index contributed by atoms with van der Waals surface area (Å²) in [7, 11) is 5.48. The number of hydrogen-bond donors (Lipinski definition) is 2.